The van der Waals surface area contributed by atoms with Gasteiger partial charge in [0.05, 0.1) is 5.92 Å². The standard InChI is InChI=1S/C15H22O2/c1-9-5-4-6-15(3)8-13-11(7-12(9)15)10(2)14(16)17-13/h7,9-11,13H,4-6,8H2,1-3H3/t9-,10-,11+,13+,15+/m0/s1. The SMILES string of the molecule is C[C@@H]1C(=O)O[C@@H]2C[C@@]3(C)CCC[C@H](C)C3=C[C@H]12. The summed E-state index contributed by atoms with van der Waals surface area (Å²) in [5.41, 5.74) is 1.90. The molecule has 0 N–H and O–H groups in total. The molecule has 3 aliphatic rings. The number of allylic oxidation sites excluding steroid dienone is 1. The Hall–Kier alpha value is -0.790. The van der Waals surface area contributed by atoms with Crippen LogP contribution in [0.15, 0.2) is 11.6 Å². The van der Waals surface area contributed by atoms with Crippen molar-refractivity contribution in [3.05, 3.63) is 11.6 Å². The largest absolute Gasteiger partial charge is 0.461 e. The molecule has 0 bridgehead atoms. The predicted molar refractivity (Wildman–Crippen MR) is 66.4 cm³/mol. The van der Waals surface area contributed by atoms with Crippen LogP contribution in [0.25, 0.3) is 0 Å². The van der Waals surface area contributed by atoms with E-state index in [1.165, 1.54) is 19.3 Å². The van der Waals surface area contributed by atoms with E-state index >= 15 is 0 Å². The Morgan fingerprint density at radius 2 is 2.18 bits per heavy atom. The highest BCUT2D eigenvalue weighted by Crippen LogP contribution is 2.53. The number of ether oxygens (including phenoxy) is 1. The van der Waals surface area contributed by atoms with E-state index < -0.39 is 0 Å². The molecule has 1 saturated carbocycles. The molecule has 0 spiro atoms. The van der Waals surface area contributed by atoms with Gasteiger partial charge < -0.3 is 4.74 Å². The molecule has 17 heavy (non-hydrogen) atoms. The molecule has 0 unspecified atom stereocenters. The molecule has 0 amide bonds. The molecule has 5 atom stereocenters. The highest BCUT2D eigenvalue weighted by Gasteiger charge is 2.50. The van der Waals surface area contributed by atoms with Gasteiger partial charge in [-0.3, -0.25) is 4.79 Å². The van der Waals surface area contributed by atoms with Crippen LogP contribution in [0.5, 0.6) is 0 Å². The summed E-state index contributed by atoms with van der Waals surface area (Å²) in [5, 5.41) is 0. The Morgan fingerprint density at radius 3 is 2.94 bits per heavy atom. The van der Waals surface area contributed by atoms with Gasteiger partial charge in [-0.25, -0.2) is 0 Å². The molecule has 1 aliphatic heterocycles. The molecule has 0 aromatic heterocycles. The fourth-order valence-electron chi connectivity index (χ4n) is 4.17. The molecular formula is C15H22O2. The van der Waals surface area contributed by atoms with Crippen LogP contribution in [0.4, 0.5) is 0 Å². The average molecular weight is 234 g/mol. The fourth-order valence-corrected chi connectivity index (χ4v) is 4.17. The van der Waals surface area contributed by atoms with Crippen LogP contribution in [0, 0.1) is 23.2 Å². The van der Waals surface area contributed by atoms with Crippen LogP contribution < -0.4 is 0 Å². The molecule has 0 aromatic carbocycles. The molecule has 2 heteroatoms. The zero-order valence-electron chi connectivity index (χ0n) is 11.0. The Labute approximate surface area is 103 Å². The number of fused-ring (bicyclic) bond motifs is 2. The first kappa shape index (κ1) is 11.3. The summed E-state index contributed by atoms with van der Waals surface area (Å²) in [6.07, 6.45) is 7.48. The lowest BCUT2D eigenvalue weighted by atomic mass is 9.60. The Balaban J connectivity index is 1.98. The molecule has 2 aliphatic carbocycles. The summed E-state index contributed by atoms with van der Waals surface area (Å²) in [7, 11) is 0. The van der Waals surface area contributed by atoms with Gasteiger partial charge >= 0.3 is 5.97 Å². The summed E-state index contributed by atoms with van der Waals surface area (Å²) < 4.78 is 5.54. The lowest BCUT2D eigenvalue weighted by molar-refractivity contribution is -0.144. The van der Waals surface area contributed by atoms with E-state index in [1.807, 2.05) is 6.92 Å². The van der Waals surface area contributed by atoms with Crippen LogP contribution in [0.2, 0.25) is 0 Å². The van der Waals surface area contributed by atoms with Crippen LogP contribution in [0.1, 0.15) is 46.5 Å². The number of hydrogen-bond acceptors (Lipinski definition) is 2. The van der Waals surface area contributed by atoms with E-state index in [0.29, 0.717) is 17.3 Å². The molecule has 3 rings (SSSR count). The van der Waals surface area contributed by atoms with Crippen LogP contribution >= 0.6 is 0 Å². The second-order valence-electron chi connectivity index (χ2n) is 6.52. The van der Waals surface area contributed by atoms with E-state index in [1.54, 1.807) is 5.57 Å². The monoisotopic (exact) mass is 234 g/mol. The van der Waals surface area contributed by atoms with Crippen molar-refractivity contribution in [1.29, 1.82) is 0 Å². The van der Waals surface area contributed by atoms with Crippen molar-refractivity contribution in [2.75, 3.05) is 0 Å². The maximum absolute atomic E-state index is 11.7. The quantitative estimate of drug-likeness (QED) is 0.475. The van der Waals surface area contributed by atoms with Crippen molar-refractivity contribution in [1.82, 2.24) is 0 Å². The first-order valence-electron chi connectivity index (χ1n) is 6.94. The van der Waals surface area contributed by atoms with E-state index in [4.69, 9.17) is 4.74 Å². The minimum atomic E-state index is 0.00625. The summed E-state index contributed by atoms with van der Waals surface area (Å²) >= 11 is 0. The van der Waals surface area contributed by atoms with Crippen LogP contribution in [-0.4, -0.2) is 12.1 Å². The van der Waals surface area contributed by atoms with E-state index in [-0.39, 0.29) is 18.0 Å². The summed E-state index contributed by atoms with van der Waals surface area (Å²) in [6.45, 7) is 6.72. The maximum Gasteiger partial charge on any atom is 0.309 e. The topological polar surface area (TPSA) is 26.3 Å². The normalized spacial score (nSPS) is 49.1. The third-order valence-electron chi connectivity index (χ3n) is 5.26. The van der Waals surface area contributed by atoms with Crippen molar-refractivity contribution in [2.45, 2.75) is 52.6 Å². The van der Waals surface area contributed by atoms with Crippen LogP contribution in [0.3, 0.4) is 0 Å². The van der Waals surface area contributed by atoms with Crippen molar-refractivity contribution >= 4 is 5.97 Å². The number of hydrogen-bond donors (Lipinski definition) is 0. The van der Waals surface area contributed by atoms with Crippen molar-refractivity contribution in [2.24, 2.45) is 23.2 Å². The summed E-state index contributed by atoms with van der Waals surface area (Å²) in [6, 6.07) is 0. The third-order valence-corrected chi connectivity index (χ3v) is 5.26. The zero-order chi connectivity index (χ0) is 12.2. The summed E-state index contributed by atoms with van der Waals surface area (Å²) in [5.74, 6) is 1.10. The lowest BCUT2D eigenvalue weighted by Gasteiger charge is -2.45. The maximum atomic E-state index is 11.7. The Bertz CT molecular complexity index is 384. The number of rotatable bonds is 0. The lowest BCUT2D eigenvalue weighted by Crippen LogP contribution is -2.38. The van der Waals surface area contributed by atoms with Gasteiger partial charge in [0.15, 0.2) is 0 Å². The average Bonchev–Trinajstić information content (AvgIpc) is 2.52. The van der Waals surface area contributed by atoms with Crippen LogP contribution in [-0.2, 0) is 9.53 Å². The number of esters is 1. The molecule has 2 fully saturated rings. The molecule has 0 radical (unpaired) electrons. The van der Waals surface area contributed by atoms with Gasteiger partial charge in [-0.2, -0.15) is 0 Å². The molecule has 2 nitrogen and oxygen atoms in total. The van der Waals surface area contributed by atoms with E-state index in [2.05, 4.69) is 19.9 Å². The predicted octanol–water partition coefficient (Wildman–Crippen LogP) is 3.32. The second kappa shape index (κ2) is 3.60. The molecule has 0 aromatic rings. The Kier molecular flexibility index (Phi) is 2.39. The Morgan fingerprint density at radius 1 is 1.41 bits per heavy atom. The van der Waals surface area contributed by atoms with Gasteiger partial charge in [0.1, 0.15) is 6.10 Å². The third kappa shape index (κ3) is 1.56. The first-order valence-corrected chi connectivity index (χ1v) is 6.94. The second-order valence-corrected chi connectivity index (χ2v) is 6.52. The van der Waals surface area contributed by atoms with Crippen molar-refractivity contribution in [3.8, 4) is 0 Å². The number of carbonyl (C=O) groups excluding carboxylic acids is 1. The smallest absolute Gasteiger partial charge is 0.309 e. The molecule has 1 heterocycles. The van der Waals surface area contributed by atoms with Gasteiger partial charge in [0.25, 0.3) is 0 Å². The van der Waals surface area contributed by atoms with Gasteiger partial charge in [-0.05, 0) is 30.6 Å². The fraction of sp³-hybridized carbons (Fsp3) is 0.800. The minimum Gasteiger partial charge on any atom is -0.461 e. The molecule has 94 valence electrons. The van der Waals surface area contributed by atoms with E-state index in [9.17, 15) is 4.79 Å². The van der Waals surface area contributed by atoms with Crippen molar-refractivity contribution < 1.29 is 9.53 Å². The first-order chi connectivity index (χ1) is 8.01. The minimum absolute atomic E-state index is 0.00625. The molecular weight excluding hydrogens is 212 g/mol. The zero-order valence-corrected chi connectivity index (χ0v) is 11.0. The van der Waals surface area contributed by atoms with Gasteiger partial charge in [-0.1, -0.05) is 38.8 Å². The highest BCUT2D eigenvalue weighted by atomic mass is 16.6. The number of carbonyl (C=O) groups is 1. The van der Waals surface area contributed by atoms with Crippen molar-refractivity contribution in [3.63, 3.8) is 0 Å². The van der Waals surface area contributed by atoms with Gasteiger partial charge in [0, 0.05) is 5.92 Å². The van der Waals surface area contributed by atoms with E-state index in [0.717, 1.165) is 6.42 Å². The summed E-state index contributed by atoms with van der Waals surface area (Å²) in [4.78, 5) is 11.7. The van der Waals surface area contributed by atoms with Gasteiger partial charge in [-0.15, -0.1) is 0 Å². The van der Waals surface area contributed by atoms with Gasteiger partial charge in [0.2, 0.25) is 0 Å². The highest BCUT2D eigenvalue weighted by molar-refractivity contribution is 5.75. The molecule has 1 saturated heterocycles.